The number of carbonyl (C=O) groups excluding carboxylic acids is 3. The minimum atomic E-state index is -0.720. The molecule has 1 aliphatic carbocycles. The number of esters is 3. The first-order valence-corrected chi connectivity index (χ1v) is 10.1. The standard InChI is InChI=1S/C22H30O8/c1-5-13(2)21(24)29-18-9-16(11-27-15(4)23)7-6-8-17(12-28-26)10-19-20(18)14(3)22(25)30-19/h7,10,13,18-20,26H,3,5-6,8-9,11-12H2,1-2,4H3/b16-7+,17-10+/t13-,18+,19-,20+/m1/s1. The van der Waals surface area contributed by atoms with Crippen molar-refractivity contribution < 1.29 is 38.7 Å². The van der Waals surface area contributed by atoms with Gasteiger partial charge in [-0.25, -0.2) is 9.68 Å². The highest BCUT2D eigenvalue weighted by molar-refractivity contribution is 5.91. The Hall–Kier alpha value is -2.45. The second-order valence-corrected chi connectivity index (χ2v) is 7.69. The van der Waals surface area contributed by atoms with Crippen LogP contribution in [0.5, 0.6) is 0 Å². The lowest BCUT2D eigenvalue weighted by Crippen LogP contribution is -2.35. The minimum absolute atomic E-state index is 0.0440. The second-order valence-electron chi connectivity index (χ2n) is 7.69. The van der Waals surface area contributed by atoms with Crippen LogP contribution in [0.15, 0.2) is 35.5 Å². The molecule has 0 spiro atoms. The summed E-state index contributed by atoms with van der Waals surface area (Å²) in [5.74, 6) is -2.25. The summed E-state index contributed by atoms with van der Waals surface area (Å²) in [4.78, 5) is 40.4. The molecule has 4 atom stereocenters. The lowest BCUT2D eigenvalue weighted by Gasteiger charge is -2.29. The second kappa shape index (κ2) is 11.1. The summed E-state index contributed by atoms with van der Waals surface area (Å²) in [6.07, 6.45) is 4.26. The Balaban J connectivity index is 2.41. The number of fused-ring (bicyclic) bond motifs is 1. The van der Waals surface area contributed by atoms with Gasteiger partial charge in [-0.1, -0.05) is 26.5 Å². The number of hydrogen-bond donors (Lipinski definition) is 1. The molecule has 8 heteroatoms. The highest BCUT2D eigenvalue weighted by atomic mass is 17.1. The molecule has 1 fully saturated rings. The molecule has 0 amide bonds. The molecule has 0 radical (unpaired) electrons. The molecule has 0 unspecified atom stereocenters. The van der Waals surface area contributed by atoms with Crippen LogP contribution in [-0.4, -0.2) is 48.6 Å². The number of allylic oxidation sites excluding steroid dienone is 1. The first-order valence-electron chi connectivity index (χ1n) is 10.1. The topological polar surface area (TPSA) is 108 Å². The van der Waals surface area contributed by atoms with Gasteiger partial charge in [0.15, 0.2) is 0 Å². The molecule has 1 N–H and O–H groups in total. The number of hydrogen-bond acceptors (Lipinski definition) is 8. The summed E-state index contributed by atoms with van der Waals surface area (Å²) < 4.78 is 16.4. The van der Waals surface area contributed by atoms with Gasteiger partial charge in [-0.2, -0.15) is 0 Å². The summed E-state index contributed by atoms with van der Waals surface area (Å²) in [5.41, 5.74) is 1.71. The van der Waals surface area contributed by atoms with E-state index >= 15 is 0 Å². The largest absolute Gasteiger partial charge is 0.461 e. The van der Waals surface area contributed by atoms with E-state index in [1.165, 1.54) is 6.92 Å². The fourth-order valence-corrected chi connectivity index (χ4v) is 3.49. The summed E-state index contributed by atoms with van der Waals surface area (Å²) in [5, 5.41) is 8.90. The fourth-order valence-electron chi connectivity index (χ4n) is 3.49. The van der Waals surface area contributed by atoms with Crippen molar-refractivity contribution in [3.8, 4) is 0 Å². The van der Waals surface area contributed by atoms with E-state index in [9.17, 15) is 14.4 Å². The highest BCUT2D eigenvalue weighted by Crippen LogP contribution is 2.36. The van der Waals surface area contributed by atoms with E-state index in [-0.39, 0.29) is 37.1 Å². The number of carbonyl (C=O) groups is 3. The molecule has 8 nitrogen and oxygen atoms in total. The van der Waals surface area contributed by atoms with Crippen LogP contribution in [-0.2, 0) is 33.5 Å². The maximum atomic E-state index is 12.6. The zero-order chi connectivity index (χ0) is 22.3. The third kappa shape index (κ3) is 6.27. The lowest BCUT2D eigenvalue weighted by atomic mass is 9.85. The van der Waals surface area contributed by atoms with E-state index in [0.29, 0.717) is 19.3 Å². The first-order chi connectivity index (χ1) is 14.3. The van der Waals surface area contributed by atoms with Crippen LogP contribution >= 0.6 is 0 Å². The maximum absolute atomic E-state index is 12.6. The number of rotatable bonds is 7. The molecule has 2 rings (SSSR count). The molecular weight excluding hydrogens is 392 g/mol. The lowest BCUT2D eigenvalue weighted by molar-refractivity contribution is -0.234. The maximum Gasteiger partial charge on any atom is 0.334 e. The summed E-state index contributed by atoms with van der Waals surface area (Å²) in [7, 11) is 0. The molecule has 166 valence electrons. The van der Waals surface area contributed by atoms with Crippen LogP contribution in [0.2, 0.25) is 0 Å². The molecule has 0 aromatic rings. The quantitative estimate of drug-likeness (QED) is 0.166. The Labute approximate surface area is 176 Å². The van der Waals surface area contributed by atoms with Gasteiger partial charge in [0.2, 0.25) is 0 Å². The van der Waals surface area contributed by atoms with Crippen molar-refractivity contribution in [2.45, 2.75) is 58.7 Å². The Morgan fingerprint density at radius 1 is 1.33 bits per heavy atom. The van der Waals surface area contributed by atoms with E-state index in [0.717, 1.165) is 11.1 Å². The van der Waals surface area contributed by atoms with Crippen molar-refractivity contribution in [3.63, 3.8) is 0 Å². The van der Waals surface area contributed by atoms with E-state index in [2.05, 4.69) is 11.5 Å². The summed E-state index contributed by atoms with van der Waals surface area (Å²) >= 11 is 0. The van der Waals surface area contributed by atoms with Crippen LogP contribution in [0.3, 0.4) is 0 Å². The smallest absolute Gasteiger partial charge is 0.334 e. The van der Waals surface area contributed by atoms with Gasteiger partial charge in [0.25, 0.3) is 0 Å². The Morgan fingerprint density at radius 2 is 2.07 bits per heavy atom. The average Bonchev–Trinajstić information content (AvgIpc) is 2.97. The van der Waals surface area contributed by atoms with Gasteiger partial charge in [-0.05, 0) is 36.5 Å². The van der Waals surface area contributed by atoms with E-state index in [1.54, 1.807) is 13.0 Å². The minimum Gasteiger partial charge on any atom is -0.461 e. The molecule has 0 aromatic carbocycles. The SMILES string of the molecule is C=C1C(=O)O[C@@H]2/C=C(/COO)CC/C=C(/COC(C)=O)C[C@H](OC(=O)[C@H](C)CC)[C@H]12. The van der Waals surface area contributed by atoms with Gasteiger partial charge < -0.3 is 14.2 Å². The zero-order valence-electron chi connectivity index (χ0n) is 17.7. The monoisotopic (exact) mass is 422 g/mol. The Bertz CT molecular complexity index is 735. The molecule has 0 saturated carbocycles. The zero-order valence-corrected chi connectivity index (χ0v) is 17.7. The van der Waals surface area contributed by atoms with Gasteiger partial charge in [0.05, 0.1) is 11.8 Å². The van der Waals surface area contributed by atoms with Gasteiger partial charge in [-0.3, -0.25) is 14.8 Å². The van der Waals surface area contributed by atoms with E-state index in [4.69, 9.17) is 19.5 Å². The number of ether oxygens (including phenoxy) is 3. The van der Waals surface area contributed by atoms with Gasteiger partial charge in [0, 0.05) is 18.9 Å². The molecule has 1 heterocycles. The van der Waals surface area contributed by atoms with E-state index < -0.39 is 30.1 Å². The molecule has 1 saturated heterocycles. The predicted octanol–water partition coefficient (Wildman–Crippen LogP) is 3.13. The van der Waals surface area contributed by atoms with Crippen LogP contribution in [0, 0.1) is 11.8 Å². The van der Waals surface area contributed by atoms with Crippen LogP contribution in [0.4, 0.5) is 0 Å². The fraction of sp³-hybridized carbons (Fsp3) is 0.591. The third-order valence-electron chi connectivity index (χ3n) is 5.42. The van der Waals surface area contributed by atoms with Crippen LogP contribution < -0.4 is 0 Å². The van der Waals surface area contributed by atoms with E-state index in [1.807, 2.05) is 13.0 Å². The molecular formula is C22H30O8. The highest BCUT2D eigenvalue weighted by Gasteiger charge is 2.45. The van der Waals surface area contributed by atoms with Crippen molar-refractivity contribution in [1.29, 1.82) is 0 Å². The van der Waals surface area contributed by atoms with Gasteiger partial charge in [-0.15, -0.1) is 0 Å². The van der Waals surface area contributed by atoms with Crippen LogP contribution in [0.25, 0.3) is 0 Å². The summed E-state index contributed by atoms with van der Waals surface area (Å²) in [6.45, 7) is 8.86. The Kier molecular flexibility index (Phi) is 8.80. The van der Waals surface area contributed by atoms with Crippen molar-refractivity contribution in [1.82, 2.24) is 0 Å². The molecule has 0 aromatic heterocycles. The predicted molar refractivity (Wildman–Crippen MR) is 107 cm³/mol. The normalized spacial score (nSPS) is 28.9. The van der Waals surface area contributed by atoms with Crippen molar-refractivity contribution in [3.05, 3.63) is 35.5 Å². The van der Waals surface area contributed by atoms with Crippen LogP contribution in [0.1, 0.15) is 46.5 Å². The molecule has 0 bridgehead atoms. The van der Waals surface area contributed by atoms with Crippen molar-refractivity contribution in [2.24, 2.45) is 11.8 Å². The first kappa shape index (κ1) is 23.8. The molecule has 30 heavy (non-hydrogen) atoms. The molecule has 2 aliphatic rings. The third-order valence-corrected chi connectivity index (χ3v) is 5.42. The average molecular weight is 422 g/mol. The molecule has 1 aliphatic heterocycles. The van der Waals surface area contributed by atoms with Gasteiger partial charge >= 0.3 is 17.9 Å². The summed E-state index contributed by atoms with van der Waals surface area (Å²) in [6, 6.07) is 0. The Morgan fingerprint density at radius 3 is 2.70 bits per heavy atom. The van der Waals surface area contributed by atoms with Crippen molar-refractivity contribution in [2.75, 3.05) is 13.2 Å². The van der Waals surface area contributed by atoms with Crippen molar-refractivity contribution >= 4 is 17.9 Å². The van der Waals surface area contributed by atoms with Gasteiger partial charge in [0.1, 0.15) is 25.4 Å².